The van der Waals surface area contributed by atoms with Gasteiger partial charge < -0.3 is 9.47 Å². The molecule has 3 aromatic rings. The normalized spacial score (nSPS) is 16.7. The Hall–Kier alpha value is -3.17. The molecular formula is C19H19F3N6O. The quantitative estimate of drug-likeness (QED) is 0.673. The molecule has 152 valence electrons. The van der Waals surface area contributed by atoms with Gasteiger partial charge in [-0.3, -0.25) is 9.48 Å². The first-order valence-corrected chi connectivity index (χ1v) is 9.20. The van der Waals surface area contributed by atoms with Crippen LogP contribution in [0, 0.1) is 0 Å². The zero-order valence-electron chi connectivity index (χ0n) is 15.9. The first kappa shape index (κ1) is 19.2. The molecule has 3 heterocycles. The van der Waals surface area contributed by atoms with Crippen molar-refractivity contribution >= 4 is 5.91 Å². The standard InChI is InChI=1S/C19H19F3N6O/c1-3-13-11-14(25-26(13)2)17(29)27-9-10-28-16(23-24-18(28)19(20,21)22)15(27)12-7-5-4-6-8-12/h4-8,11,15H,3,9-10H2,1-2H3. The molecule has 29 heavy (non-hydrogen) atoms. The fraction of sp³-hybridized carbons (Fsp3) is 0.368. The van der Waals surface area contributed by atoms with E-state index in [4.69, 9.17) is 0 Å². The molecule has 10 heteroatoms. The van der Waals surface area contributed by atoms with Gasteiger partial charge in [-0.2, -0.15) is 18.3 Å². The summed E-state index contributed by atoms with van der Waals surface area (Å²) < 4.78 is 42.7. The number of fused-ring (bicyclic) bond motifs is 1. The van der Waals surface area contributed by atoms with Crippen LogP contribution in [0.5, 0.6) is 0 Å². The second kappa shape index (κ2) is 7.02. The van der Waals surface area contributed by atoms with Crippen molar-refractivity contribution in [3.8, 4) is 0 Å². The van der Waals surface area contributed by atoms with Crippen molar-refractivity contribution in [3.05, 3.63) is 65.0 Å². The lowest BCUT2D eigenvalue weighted by Gasteiger charge is -2.35. The molecule has 4 rings (SSSR count). The van der Waals surface area contributed by atoms with Crippen LogP contribution in [0.3, 0.4) is 0 Å². The van der Waals surface area contributed by atoms with Gasteiger partial charge in [0.15, 0.2) is 11.5 Å². The molecule has 1 aromatic carbocycles. The van der Waals surface area contributed by atoms with Gasteiger partial charge in [-0.15, -0.1) is 10.2 Å². The van der Waals surface area contributed by atoms with E-state index in [-0.39, 0.29) is 30.5 Å². The van der Waals surface area contributed by atoms with E-state index in [2.05, 4.69) is 15.3 Å². The summed E-state index contributed by atoms with van der Waals surface area (Å²) in [6.07, 6.45) is -3.90. The number of amides is 1. The largest absolute Gasteiger partial charge is 0.451 e. The Morgan fingerprint density at radius 1 is 1.17 bits per heavy atom. The average Bonchev–Trinajstić information content (AvgIpc) is 3.30. The number of halogens is 3. The zero-order valence-corrected chi connectivity index (χ0v) is 15.9. The third kappa shape index (κ3) is 3.28. The number of carbonyl (C=O) groups excluding carboxylic acids is 1. The van der Waals surface area contributed by atoms with Gasteiger partial charge in [0.25, 0.3) is 5.91 Å². The van der Waals surface area contributed by atoms with Gasteiger partial charge in [0, 0.05) is 25.8 Å². The fourth-order valence-electron chi connectivity index (χ4n) is 3.70. The van der Waals surface area contributed by atoms with Crippen molar-refractivity contribution < 1.29 is 18.0 Å². The summed E-state index contributed by atoms with van der Waals surface area (Å²) in [5.74, 6) is -1.31. The number of benzene rings is 1. The van der Waals surface area contributed by atoms with Gasteiger partial charge in [-0.25, -0.2) is 0 Å². The van der Waals surface area contributed by atoms with Gasteiger partial charge in [-0.05, 0) is 18.1 Å². The number of aromatic nitrogens is 5. The molecule has 0 radical (unpaired) electrons. The van der Waals surface area contributed by atoms with Gasteiger partial charge in [-0.1, -0.05) is 37.3 Å². The van der Waals surface area contributed by atoms with Crippen LogP contribution in [-0.2, 0) is 26.2 Å². The molecule has 1 aliphatic heterocycles. The number of alkyl halides is 3. The van der Waals surface area contributed by atoms with Crippen LogP contribution in [-0.4, -0.2) is 41.9 Å². The molecule has 1 aliphatic rings. The summed E-state index contributed by atoms with van der Waals surface area (Å²) in [7, 11) is 1.76. The summed E-state index contributed by atoms with van der Waals surface area (Å²) in [4.78, 5) is 14.8. The number of aryl methyl sites for hydroxylation is 2. The maximum atomic E-state index is 13.3. The predicted molar refractivity (Wildman–Crippen MR) is 96.9 cm³/mol. The second-order valence-electron chi connectivity index (χ2n) is 6.84. The predicted octanol–water partition coefficient (Wildman–Crippen LogP) is 2.84. The highest BCUT2D eigenvalue weighted by atomic mass is 19.4. The minimum atomic E-state index is -4.62. The van der Waals surface area contributed by atoms with Crippen molar-refractivity contribution in [2.24, 2.45) is 7.05 Å². The lowest BCUT2D eigenvalue weighted by molar-refractivity contribution is -0.148. The Kier molecular flexibility index (Phi) is 4.64. The summed E-state index contributed by atoms with van der Waals surface area (Å²) in [6, 6.07) is 9.80. The van der Waals surface area contributed by atoms with E-state index >= 15 is 0 Å². The van der Waals surface area contributed by atoms with Crippen molar-refractivity contribution in [1.29, 1.82) is 0 Å². The SMILES string of the molecule is CCc1cc(C(=O)N2CCn3c(nnc3C(F)(F)F)C2c2ccccc2)nn1C. The number of rotatable bonds is 3. The minimum Gasteiger partial charge on any atom is -0.321 e. The van der Waals surface area contributed by atoms with E-state index in [0.29, 0.717) is 12.0 Å². The maximum Gasteiger partial charge on any atom is 0.451 e. The van der Waals surface area contributed by atoms with E-state index in [1.165, 1.54) is 4.90 Å². The third-order valence-corrected chi connectivity index (χ3v) is 5.09. The van der Waals surface area contributed by atoms with E-state index in [9.17, 15) is 18.0 Å². The zero-order chi connectivity index (χ0) is 20.8. The Balaban J connectivity index is 1.80. The van der Waals surface area contributed by atoms with Crippen LogP contribution in [0.4, 0.5) is 13.2 Å². The van der Waals surface area contributed by atoms with Crippen LogP contribution in [0.15, 0.2) is 36.4 Å². The molecule has 0 aliphatic carbocycles. The highest BCUT2D eigenvalue weighted by Crippen LogP contribution is 2.36. The van der Waals surface area contributed by atoms with Crippen molar-refractivity contribution in [2.75, 3.05) is 6.54 Å². The Morgan fingerprint density at radius 3 is 2.52 bits per heavy atom. The fourth-order valence-corrected chi connectivity index (χ4v) is 3.70. The van der Waals surface area contributed by atoms with Gasteiger partial charge in [0.1, 0.15) is 6.04 Å². The van der Waals surface area contributed by atoms with Crippen LogP contribution < -0.4 is 0 Å². The number of carbonyl (C=O) groups is 1. The lowest BCUT2D eigenvalue weighted by Crippen LogP contribution is -2.43. The molecule has 0 saturated heterocycles. The first-order chi connectivity index (χ1) is 13.8. The molecular weight excluding hydrogens is 385 g/mol. The highest BCUT2D eigenvalue weighted by Gasteiger charge is 2.43. The molecule has 0 spiro atoms. The molecule has 0 bridgehead atoms. The third-order valence-electron chi connectivity index (χ3n) is 5.09. The molecule has 0 fully saturated rings. The van der Waals surface area contributed by atoms with E-state index < -0.39 is 18.0 Å². The van der Waals surface area contributed by atoms with E-state index in [1.807, 2.05) is 6.92 Å². The molecule has 1 amide bonds. The van der Waals surface area contributed by atoms with Crippen LogP contribution in [0.2, 0.25) is 0 Å². The van der Waals surface area contributed by atoms with E-state index in [1.54, 1.807) is 48.1 Å². The Morgan fingerprint density at radius 2 is 1.90 bits per heavy atom. The average molecular weight is 404 g/mol. The van der Waals surface area contributed by atoms with Crippen molar-refractivity contribution in [1.82, 2.24) is 29.4 Å². The topological polar surface area (TPSA) is 68.8 Å². The monoisotopic (exact) mass is 404 g/mol. The molecule has 0 saturated carbocycles. The van der Waals surface area contributed by atoms with Crippen molar-refractivity contribution in [2.45, 2.75) is 32.1 Å². The lowest BCUT2D eigenvalue weighted by atomic mass is 10.0. The summed E-state index contributed by atoms with van der Waals surface area (Å²) in [6.45, 7) is 2.00. The Labute approximate surface area is 164 Å². The summed E-state index contributed by atoms with van der Waals surface area (Å²) in [5, 5.41) is 11.5. The van der Waals surface area contributed by atoms with Gasteiger partial charge in [0.2, 0.25) is 5.82 Å². The number of hydrogen-bond acceptors (Lipinski definition) is 4. The van der Waals surface area contributed by atoms with E-state index in [0.717, 1.165) is 10.3 Å². The number of nitrogens with zero attached hydrogens (tertiary/aromatic N) is 6. The highest BCUT2D eigenvalue weighted by molar-refractivity contribution is 5.93. The molecule has 0 N–H and O–H groups in total. The second-order valence-corrected chi connectivity index (χ2v) is 6.84. The van der Waals surface area contributed by atoms with Gasteiger partial charge in [0.05, 0.1) is 0 Å². The van der Waals surface area contributed by atoms with Crippen LogP contribution in [0.25, 0.3) is 0 Å². The summed E-state index contributed by atoms with van der Waals surface area (Å²) >= 11 is 0. The summed E-state index contributed by atoms with van der Waals surface area (Å²) in [5.41, 5.74) is 1.81. The molecule has 2 aromatic heterocycles. The Bertz CT molecular complexity index is 1040. The minimum absolute atomic E-state index is 0.0419. The molecule has 1 unspecified atom stereocenters. The smallest absolute Gasteiger partial charge is 0.321 e. The molecule has 1 atom stereocenters. The maximum absolute atomic E-state index is 13.3. The molecule has 7 nitrogen and oxygen atoms in total. The van der Waals surface area contributed by atoms with Gasteiger partial charge >= 0.3 is 6.18 Å². The van der Waals surface area contributed by atoms with Crippen LogP contribution >= 0.6 is 0 Å². The first-order valence-electron chi connectivity index (χ1n) is 9.20. The van der Waals surface area contributed by atoms with Crippen molar-refractivity contribution in [3.63, 3.8) is 0 Å². The number of hydrogen-bond donors (Lipinski definition) is 0. The van der Waals surface area contributed by atoms with Crippen LogP contribution in [0.1, 0.15) is 46.4 Å².